The van der Waals surface area contributed by atoms with Gasteiger partial charge in [-0.05, 0) is 24.7 Å². The second kappa shape index (κ2) is 3.46. The minimum Gasteiger partial charge on any atom is -0.344 e. The van der Waals surface area contributed by atoms with Gasteiger partial charge in [-0.25, -0.2) is 0 Å². The van der Waals surface area contributed by atoms with E-state index in [4.69, 9.17) is 9.47 Å². The highest BCUT2D eigenvalue weighted by atomic mass is 16.8. The second-order valence-electron chi connectivity index (χ2n) is 7.21. The highest BCUT2D eigenvalue weighted by Crippen LogP contribution is 2.44. The molecule has 1 aliphatic rings. The highest BCUT2D eigenvalue weighted by Gasteiger charge is 2.50. The number of hydrogen-bond donors (Lipinski definition) is 0. The lowest BCUT2D eigenvalue weighted by molar-refractivity contribution is -0.159. The number of ether oxygens (including phenoxy) is 2. The summed E-state index contributed by atoms with van der Waals surface area (Å²) >= 11 is 0. The van der Waals surface area contributed by atoms with Gasteiger partial charge in [0.15, 0.2) is 5.79 Å². The molecule has 1 saturated heterocycles. The van der Waals surface area contributed by atoms with Gasteiger partial charge in [0.2, 0.25) is 0 Å². The molecule has 0 aromatic heterocycles. The van der Waals surface area contributed by atoms with Crippen LogP contribution >= 0.6 is 0 Å². The van der Waals surface area contributed by atoms with E-state index in [0.717, 1.165) is 0 Å². The molecule has 0 amide bonds. The number of hydrogen-bond acceptors (Lipinski definition) is 2. The van der Waals surface area contributed by atoms with Crippen molar-refractivity contribution >= 4 is 0 Å². The zero-order valence-corrected chi connectivity index (χ0v) is 11.5. The third-order valence-electron chi connectivity index (χ3n) is 2.80. The average molecular weight is 214 g/mol. The fourth-order valence-corrected chi connectivity index (χ4v) is 2.02. The summed E-state index contributed by atoms with van der Waals surface area (Å²) in [5.74, 6) is -0.449. The predicted octanol–water partition coefficient (Wildman–Crippen LogP) is 3.60. The molecule has 2 nitrogen and oxygen atoms in total. The number of rotatable bonds is 0. The first-order chi connectivity index (χ1) is 6.43. The molecule has 90 valence electrons. The van der Waals surface area contributed by atoms with Crippen LogP contribution in [0.25, 0.3) is 0 Å². The van der Waals surface area contributed by atoms with Crippen LogP contribution in [0, 0.1) is 10.8 Å². The lowest BCUT2D eigenvalue weighted by Crippen LogP contribution is -2.42. The Morgan fingerprint density at radius 3 is 1.20 bits per heavy atom. The third kappa shape index (κ3) is 2.94. The fourth-order valence-electron chi connectivity index (χ4n) is 2.02. The van der Waals surface area contributed by atoms with Crippen molar-refractivity contribution < 1.29 is 9.47 Å². The fraction of sp³-hybridized carbons (Fsp3) is 1.00. The predicted molar refractivity (Wildman–Crippen MR) is 62.7 cm³/mol. The molecule has 1 aliphatic heterocycles. The van der Waals surface area contributed by atoms with E-state index in [1.165, 1.54) is 0 Å². The van der Waals surface area contributed by atoms with Crippen LogP contribution in [0.2, 0.25) is 0 Å². The molecule has 1 rings (SSSR count). The largest absolute Gasteiger partial charge is 0.344 e. The van der Waals surface area contributed by atoms with E-state index in [9.17, 15) is 0 Å². The van der Waals surface area contributed by atoms with Crippen molar-refractivity contribution in [3.63, 3.8) is 0 Å². The first-order valence-electron chi connectivity index (χ1n) is 5.79. The van der Waals surface area contributed by atoms with E-state index in [1.54, 1.807) is 0 Å². The van der Waals surface area contributed by atoms with Gasteiger partial charge in [0.25, 0.3) is 0 Å². The lowest BCUT2D eigenvalue weighted by Gasteiger charge is -2.36. The van der Waals surface area contributed by atoms with Crippen molar-refractivity contribution in [3.05, 3.63) is 0 Å². The molecule has 15 heavy (non-hydrogen) atoms. The first-order valence-corrected chi connectivity index (χ1v) is 5.79. The molecule has 2 atom stereocenters. The Kier molecular flexibility index (Phi) is 2.99. The van der Waals surface area contributed by atoms with Crippen molar-refractivity contribution in [1.29, 1.82) is 0 Å². The summed E-state index contributed by atoms with van der Waals surface area (Å²) in [5.41, 5.74) is 0.234. The van der Waals surface area contributed by atoms with Crippen LogP contribution in [-0.2, 0) is 9.47 Å². The van der Waals surface area contributed by atoms with Crippen molar-refractivity contribution in [2.24, 2.45) is 10.8 Å². The standard InChI is InChI=1S/C13H26O2/c1-11(2,3)9-10(12(4,5)6)15-13(7,8)14-9/h9-10H,1-8H3/t9-,10-/m0/s1. The van der Waals surface area contributed by atoms with Crippen LogP contribution in [0.1, 0.15) is 55.4 Å². The summed E-state index contributed by atoms with van der Waals surface area (Å²) in [5, 5.41) is 0. The minimum absolute atomic E-state index is 0.117. The summed E-state index contributed by atoms with van der Waals surface area (Å²) in [7, 11) is 0. The molecule has 2 heteroatoms. The highest BCUT2D eigenvalue weighted by molar-refractivity contribution is 4.94. The van der Waals surface area contributed by atoms with Gasteiger partial charge < -0.3 is 9.47 Å². The van der Waals surface area contributed by atoms with E-state index in [-0.39, 0.29) is 23.0 Å². The van der Waals surface area contributed by atoms with Gasteiger partial charge in [0.05, 0.1) is 12.2 Å². The molecule has 0 aromatic rings. The Bertz CT molecular complexity index is 206. The topological polar surface area (TPSA) is 18.5 Å². The van der Waals surface area contributed by atoms with Crippen LogP contribution in [0.5, 0.6) is 0 Å². The Morgan fingerprint density at radius 1 is 0.733 bits per heavy atom. The van der Waals surface area contributed by atoms with E-state index >= 15 is 0 Å². The molecule has 0 bridgehead atoms. The maximum atomic E-state index is 6.03. The first kappa shape index (κ1) is 13.0. The molecule has 0 radical (unpaired) electrons. The van der Waals surface area contributed by atoms with Gasteiger partial charge in [-0.2, -0.15) is 0 Å². The van der Waals surface area contributed by atoms with Gasteiger partial charge in [-0.3, -0.25) is 0 Å². The maximum Gasteiger partial charge on any atom is 0.163 e. The SMILES string of the molecule is CC1(C)O[C@H](C(C)(C)C)[C@@H](C(C)(C)C)O1. The Balaban J connectivity index is 2.95. The normalized spacial score (nSPS) is 32.0. The Labute approximate surface area is 94.3 Å². The summed E-state index contributed by atoms with van der Waals surface area (Å²) < 4.78 is 12.1. The van der Waals surface area contributed by atoms with Crippen LogP contribution in [0.3, 0.4) is 0 Å². The summed E-state index contributed by atoms with van der Waals surface area (Å²) in [4.78, 5) is 0. The zero-order chi connectivity index (χ0) is 12.1. The molecule has 0 saturated carbocycles. The van der Waals surface area contributed by atoms with Crippen LogP contribution in [-0.4, -0.2) is 18.0 Å². The van der Waals surface area contributed by atoms with E-state index in [2.05, 4.69) is 41.5 Å². The second-order valence-corrected chi connectivity index (χ2v) is 7.21. The van der Waals surface area contributed by atoms with Crippen molar-refractivity contribution in [2.75, 3.05) is 0 Å². The van der Waals surface area contributed by atoms with Crippen LogP contribution in [0.15, 0.2) is 0 Å². The van der Waals surface area contributed by atoms with Gasteiger partial charge in [-0.15, -0.1) is 0 Å². The van der Waals surface area contributed by atoms with Crippen LogP contribution in [0.4, 0.5) is 0 Å². The molecule has 0 spiro atoms. The zero-order valence-electron chi connectivity index (χ0n) is 11.5. The van der Waals surface area contributed by atoms with E-state index in [0.29, 0.717) is 0 Å². The molecular weight excluding hydrogens is 188 g/mol. The van der Waals surface area contributed by atoms with E-state index in [1.807, 2.05) is 13.8 Å². The maximum absolute atomic E-state index is 6.03. The average Bonchev–Trinajstić information content (AvgIpc) is 2.23. The van der Waals surface area contributed by atoms with Gasteiger partial charge >= 0.3 is 0 Å². The van der Waals surface area contributed by atoms with Crippen molar-refractivity contribution in [3.8, 4) is 0 Å². The van der Waals surface area contributed by atoms with Crippen LogP contribution < -0.4 is 0 Å². The summed E-state index contributed by atoms with van der Waals surface area (Å²) in [6.45, 7) is 17.3. The summed E-state index contributed by atoms with van der Waals surface area (Å²) in [6.07, 6.45) is 0.319. The smallest absolute Gasteiger partial charge is 0.163 e. The molecule has 0 unspecified atom stereocenters. The Morgan fingerprint density at radius 2 is 1.00 bits per heavy atom. The van der Waals surface area contributed by atoms with Gasteiger partial charge in [0.1, 0.15) is 0 Å². The molecule has 0 aromatic carbocycles. The third-order valence-corrected chi connectivity index (χ3v) is 2.80. The van der Waals surface area contributed by atoms with Gasteiger partial charge in [-0.1, -0.05) is 41.5 Å². The van der Waals surface area contributed by atoms with Gasteiger partial charge in [0, 0.05) is 0 Å². The molecule has 0 N–H and O–H groups in total. The Hall–Kier alpha value is -0.0800. The van der Waals surface area contributed by atoms with Crippen molar-refractivity contribution in [1.82, 2.24) is 0 Å². The monoisotopic (exact) mass is 214 g/mol. The summed E-state index contributed by atoms with van der Waals surface area (Å²) in [6, 6.07) is 0. The quantitative estimate of drug-likeness (QED) is 0.613. The lowest BCUT2D eigenvalue weighted by atomic mass is 9.76. The minimum atomic E-state index is -0.449. The van der Waals surface area contributed by atoms with E-state index < -0.39 is 5.79 Å². The van der Waals surface area contributed by atoms with Crippen molar-refractivity contribution in [2.45, 2.75) is 73.4 Å². The molecule has 0 aliphatic carbocycles. The molecular formula is C13H26O2. The molecule has 1 fully saturated rings. The molecule has 1 heterocycles.